The van der Waals surface area contributed by atoms with E-state index >= 15 is 0 Å². The number of aromatic nitrogens is 2. The Morgan fingerprint density at radius 2 is 1.05 bits per heavy atom. The smallest absolute Gasteiger partial charge is 0.406 e. The van der Waals surface area contributed by atoms with Crippen LogP contribution in [0.3, 0.4) is 0 Å². The molecule has 306 valence electrons. The molecule has 0 spiro atoms. The maximum absolute atomic E-state index is 11.9. The number of hydrogen-bond acceptors (Lipinski definition) is 8. The van der Waals surface area contributed by atoms with Gasteiger partial charge >= 0.3 is 12.1 Å². The van der Waals surface area contributed by atoms with E-state index in [9.17, 15) is 33.6 Å². The number of ether oxygens (including phenoxy) is 1. The standard InChI is InChI=1S/C16H15NO2.C13H19N3O3.C12H16N2O4.CH3/c1-17-16(18)19-10-15-13-8-4-2-6-11(13)12-7-3-5-9-14(12)15;1-13(2,11(18)14-3)12(19)15-7-9-16-8-5-4-6-10(16)17;1-12(2,11(17)18)10(16)13-6-8-14-7-4-3-5-9(14)15;/h2-9,15H,10H2,1H3,(H,17,18);4-6,8H,7,9H2,1-3H3,(H,14,18)(H,15,19);3-5,7H,6,8H2,1-2H3,(H,13,16)(H,17,18);1H3/q;;;-1. The predicted molar refractivity (Wildman–Crippen MR) is 217 cm³/mol. The van der Waals surface area contributed by atoms with Crippen molar-refractivity contribution in [3.63, 3.8) is 0 Å². The molecule has 0 radical (unpaired) electrons. The summed E-state index contributed by atoms with van der Waals surface area (Å²) in [6.07, 6.45) is 2.87. The van der Waals surface area contributed by atoms with Gasteiger partial charge in [-0.25, -0.2) is 4.79 Å². The highest BCUT2D eigenvalue weighted by molar-refractivity contribution is 6.04. The highest BCUT2D eigenvalue weighted by Crippen LogP contribution is 2.44. The summed E-state index contributed by atoms with van der Waals surface area (Å²) < 4.78 is 8.17. The number of nitrogens with one attached hydrogen (secondary N) is 4. The Morgan fingerprint density at radius 3 is 1.46 bits per heavy atom. The van der Waals surface area contributed by atoms with Crippen LogP contribution >= 0.6 is 0 Å². The lowest BCUT2D eigenvalue weighted by atomic mass is 9.91. The lowest BCUT2D eigenvalue weighted by molar-refractivity contribution is -0.153. The number of amides is 4. The molecular weight excluding hydrogens is 732 g/mol. The fourth-order valence-corrected chi connectivity index (χ4v) is 5.50. The number of carbonyl (C=O) groups excluding carboxylic acids is 4. The summed E-state index contributed by atoms with van der Waals surface area (Å²) in [6, 6.07) is 26.2. The lowest BCUT2D eigenvalue weighted by Gasteiger charge is -2.21. The predicted octanol–water partition coefficient (Wildman–Crippen LogP) is 3.42. The van der Waals surface area contributed by atoms with Gasteiger partial charge in [0, 0.05) is 70.7 Å². The van der Waals surface area contributed by atoms with Gasteiger partial charge in [0.15, 0.2) is 0 Å². The van der Waals surface area contributed by atoms with Gasteiger partial charge in [-0.15, -0.1) is 0 Å². The molecule has 0 unspecified atom stereocenters. The molecule has 0 saturated heterocycles. The van der Waals surface area contributed by atoms with E-state index in [-0.39, 0.29) is 48.9 Å². The SMILES string of the molecule is CC(C)(C(=O)O)C(=O)NCCn1ccccc1=O.CNC(=O)C(C)(C)C(=O)NCCn1ccccc1=O.CNC(=O)OCC1c2ccccc2-c2ccccc21.[CH3-]. The minimum absolute atomic E-state index is 0. The monoisotopic (exact) mass is 785 g/mol. The zero-order chi connectivity index (χ0) is 41.5. The second kappa shape index (κ2) is 21.5. The van der Waals surface area contributed by atoms with E-state index in [2.05, 4.69) is 45.5 Å². The second-order valence-electron chi connectivity index (χ2n) is 13.7. The van der Waals surface area contributed by atoms with Gasteiger partial charge < -0.3 is 47.7 Å². The first kappa shape index (κ1) is 46.6. The Labute approximate surface area is 332 Å². The first-order valence-electron chi connectivity index (χ1n) is 17.9. The van der Waals surface area contributed by atoms with Crippen LogP contribution < -0.4 is 32.4 Å². The van der Waals surface area contributed by atoms with E-state index in [0.717, 1.165) is 0 Å². The summed E-state index contributed by atoms with van der Waals surface area (Å²) in [5.41, 5.74) is 2.05. The van der Waals surface area contributed by atoms with Gasteiger partial charge in [0.2, 0.25) is 17.7 Å². The zero-order valence-electron chi connectivity index (χ0n) is 33.5. The van der Waals surface area contributed by atoms with Crippen LogP contribution in [0.2, 0.25) is 0 Å². The quantitative estimate of drug-likeness (QED) is 0.105. The fourth-order valence-electron chi connectivity index (χ4n) is 5.50. The first-order chi connectivity index (χ1) is 26.6. The summed E-state index contributed by atoms with van der Waals surface area (Å²) >= 11 is 0. The van der Waals surface area contributed by atoms with Crippen LogP contribution in [0.5, 0.6) is 0 Å². The van der Waals surface area contributed by atoms with Crippen molar-refractivity contribution in [3.05, 3.63) is 137 Å². The van der Waals surface area contributed by atoms with Gasteiger partial charge in [0.05, 0.1) is 0 Å². The molecule has 4 amide bonds. The second-order valence-corrected chi connectivity index (χ2v) is 13.7. The molecule has 15 nitrogen and oxygen atoms in total. The van der Waals surface area contributed by atoms with Crippen molar-refractivity contribution >= 4 is 29.8 Å². The summed E-state index contributed by atoms with van der Waals surface area (Å²) in [5.74, 6) is -2.33. The third kappa shape index (κ3) is 12.5. The Bertz CT molecular complexity index is 2080. The van der Waals surface area contributed by atoms with Crippen LogP contribution in [0.4, 0.5) is 4.79 Å². The van der Waals surface area contributed by atoms with E-state index in [1.54, 1.807) is 57.6 Å². The molecule has 5 N–H and O–H groups in total. The molecule has 0 aliphatic heterocycles. The highest BCUT2D eigenvalue weighted by Gasteiger charge is 2.36. The summed E-state index contributed by atoms with van der Waals surface area (Å²) in [4.78, 5) is 79.9. The molecule has 0 bridgehead atoms. The topological polar surface area (TPSA) is 207 Å². The van der Waals surface area contributed by atoms with E-state index in [0.29, 0.717) is 26.2 Å². The molecule has 1 aliphatic rings. The number of rotatable bonds is 12. The van der Waals surface area contributed by atoms with Crippen molar-refractivity contribution in [1.82, 2.24) is 30.4 Å². The largest absolute Gasteiger partial charge is 0.480 e. The Kier molecular flexibility index (Phi) is 17.6. The van der Waals surface area contributed by atoms with Crippen LogP contribution in [-0.2, 0) is 37.0 Å². The van der Waals surface area contributed by atoms with Gasteiger partial charge in [-0.3, -0.25) is 28.8 Å². The van der Waals surface area contributed by atoms with Gasteiger partial charge in [0.1, 0.15) is 17.4 Å². The van der Waals surface area contributed by atoms with Crippen molar-refractivity contribution in [2.24, 2.45) is 10.8 Å². The van der Waals surface area contributed by atoms with Crippen LogP contribution in [0.1, 0.15) is 44.7 Å². The fraction of sp³-hybridized carbons (Fsp3) is 0.333. The maximum Gasteiger partial charge on any atom is 0.406 e. The molecule has 1 aliphatic carbocycles. The highest BCUT2D eigenvalue weighted by atomic mass is 16.5. The molecule has 0 saturated carbocycles. The van der Waals surface area contributed by atoms with Gasteiger partial charge in [-0.2, -0.15) is 0 Å². The number of benzene rings is 2. The number of alkyl carbamates (subject to hydrolysis) is 1. The number of carboxylic acid groups (broad SMARTS) is 1. The normalized spacial score (nSPS) is 11.3. The van der Waals surface area contributed by atoms with Gasteiger partial charge in [0.25, 0.3) is 11.1 Å². The number of hydrogen-bond donors (Lipinski definition) is 5. The molecular formula is C42H53N6O9-. The molecule has 2 aromatic carbocycles. The third-order valence-corrected chi connectivity index (χ3v) is 9.09. The summed E-state index contributed by atoms with van der Waals surface area (Å²) in [7, 11) is 3.06. The van der Waals surface area contributed by atoms with E-state index in [1.165, 1.54) is 64.4 Å². The number of carbonyl (C=O) groups is 5. The average molecular weight is 786 g/mol. The average Bonchev–Trinajstić information content (AvgIpc) is 3.51. The minimum Gasteiger partial charge on any atom is -0.480 e. The van der Waals surface area contributed by atoms with Crippen LogP contribution in [0.25, 0.3) is 11.1 Å². The van der Waals surface area contributed by atoms with Gasteiger partial charge in [-0.05, 0) is 62.1 Å². The van der Waals surface area contributed by atoms with Crippen molar-refractivity contribution in [2.75, 3.05) is 33.8 Å². The summed E-state index contributed by atoms with van der Waals surface area (Å²) in [6.45, 7) is 7.32. The number of fused-ring (bicyclic) bond motifs is 3. The van der Waals surface area contributed by atoms with Crippen molar-refractivity contribution in [2.45, 2.75) is 46.7 Å². The molecule has 15 heteroatoms. The molecule has 5 rings (SSSR count). The molecule has 0 fully saturated rings. The maximum atomic E-state index is 11.9. The Hall–Kier alpha value is -6.51. The number of carboxylic acids is 1. The Morgan fingerprint density at radius 1 is 0.632 bits per heavy atom. The number of pyridine rings is 2. The van der Waals surface area contributed by atoms with Crippen molar-refractivity contribution in [3.8, 4) is 11.1 Å². The van der Waals surface area contributed by atoms with Crippen LogP contribution in [-0.4, -0.2) is 77.8 Å². The lowest BCUT2D eigenvalue weighted by Crippen LogP contribution is -2.47. The van der Waals surface area contributed by atoms with E-state index < -0.39 is 22.7 Å². The first-order valence-corrected chi connectivity index (χ1v) is 17.9. The molecule has 57 heavy (non-hydrogen) atoms. The van der Waals surface area contributed by atoms with Crippen molar-refractivity contribution < 1.29 is 33.8 Å². The van der Waals surface area contributed by atoms with Crippen molar-refractivity contribution in [1.29, 1.82) is 0 Å². The van der Waals surface area contributed by atoms with Gasteiger partial charge in [-0.1, -0.05) is 60.7 Å². The molecule has 2 heterocycles. The number of aliphatic carboxylic acids is 1. The van der Waals surface area contributed by atoms with Crippen LogP contribution in [0, 0.1) is 18.3 Å². The van der Waals surface area contributed by atoms with E-state index in [1.807, 2.05) is 24.3 Å². The number of nitrogens with zero attached hydrogens (tertiary/aromatic N) is 2. The zero-order valence-corrected chi connectivity index (χ0v) is 33.5. The Balaban J connectivity index is 0.000000293. The molecule has 2 aromatic heterocycles. The molecule has 4 aromatic rings. The third-order valence-electron chi connectivity index (χ3n) is 9.09. The van der Waals surface area contributed by atoms with Crippen LogP contribution in [0.15, 0.2) is 107 Å². The van der Waals surface area contributed by atoms with E-state index in [4.69, 9.17) is 9.84 Å². The molecule has 0 atom stereocenters. The minimum atomic E-state index is -1.47. The summed E-state index contributed by atoms with van der Waals surface area (Å²) in [5, 5.41) is 18.9.